The van der Waals surface area contributed by atoms with Crippen molar-refractivity contribution in [3.05, 3.63) is 42.0 Å². The zero-order valence-electron chi connectivity index (χ0n) is 13.5. The van der Waals surface area contributed by atoms with Crippen LogP contribution in [0.1, 0.15) is 33.3 Å². The maximum absolute atomic E-state index is 10.2. The monoisotopic (exact) mass is 287 g/mol. The van der Waals surface area contributed by atoms with Gasteiger partial charge in [0.2, 0.25) is 0 Å². The highest BCUT2D eigenvalue weighted by atomic mass is 16.5. The molecule has 0 radical (unpaired) electrons. The van der Waals surface area contributed by atoms with Crippen molar-refractivity contribution in [2.75, 3.05) is 7.11 Å². The van der Waals surface area contributed by atoms with Crippen LogP contribution in [0.3, 0.4) is 0 Å². The second-order valence-electron chi connectivity index (χ2n) is 6.51. The first kappa shape index (κ1) is 15.8. The number of rotatable bonds is 5. The van der Waals surface area contributed by atoms with E-state index in [0.29, 0.717) is 6.54 Å². The smallest absolute Gasteiger partial charge is 0.126 e. The molecule has 0 spiro atoms. The maximum atomic E-state index is 10.2. The Morgan fingerprint density at radius 1 is 1.00 bits per heavy atom. The molecule has 0 unspecified atom stereocenters. The molecule has 0 aliphatic rings. The standard InChI is InChI=1S/C18H25NO2/c1-17(2,18(3,4)20)19-12-13-10-11-16(21-5)15-9-7-6-8-14(13)15/h6-11,19-20H,12H2,1-5H3. The number of aliphatic hydroxyl groups is 1. The molecule has 2 N–H and O–H groups in total. The van der Waals surface area contributed by atoms with Crippen LogP contribution in [-0.2, 0) is 6.54 Å². The van der Waals surface area contributed by atoms with Gasteiger partial charge >= 0.3 is 0 Å². The van der Waals surface area contributed by atoms with Gasteiger partial charge in [-0.1, -0.05) is 30.3 Å². The average Bonchev–Trinajstić information content (AvgIpc) is 2.43. The van der Waals surface area contributed by atoms with E-state index in [4.69, 9.17) is 4.74 Å². The lowest BCUT2D eigenvalue weighted by Gasteiger charge is -2.38. The van der Waals surface area contributed by atoms with Crippen LogP contribution in [0.15, 0.2) is 36.4 Å². The van der Waals surface area contributed by atoms with Crippen LogP contribution < -0.4 is 10.1 Å². The Bertz CT molecular complexity index is 627. The van der Waals surface area contributed by atoms with E-state index in [0.717, 1.165) is 11.1 Å². The Morgan fingerprint density at radius 3 is 2.19 bits per heavy atom. The molecule has 21 heavy (non-hydrogen) atoms. The van der Waals surface area contributed by atoms with Crippen molar-refractivity contribution in [1.29, 1.82) is 0 Å². The summed E-state index contributed by atoms with van der Waals surface area (Å²) in [4.78, 5) is 0. The number of hydrogen-bond acceptors (Lipinski definition) is 3. The normalized spacial score (nSPS) is 12.7. The van der Waals surface area contributed by atoms with E-state index in [-0.39, 0.29) is 5.54 Å². The third kappa shape index (κ3) is 3.20. The van der Waals surface area contributed by atoms with Crippen molar-refractivity contribution in [1.82, 2.24) is 5.32 Å². The quantitative estimate of drug-likeness (QED) is 0.884. The maximum Gasteiger partial charge on any atom is 0.126 e. The second-order valence-corrected chi connectivity index (χ2v) is 6.51. The molecular formula is C18H25NO2. The largest absolute Gasteiger partial charge is 0.496 e. The van der Waals surface area contributed by atoms with Gasteiger partial charge in [0.1, 0.15) is 5.75 Å². The molecular weight excluding hydrogens is 262 g/mol. The molecule has 114 valence electrons. The lowest BCUT2D eigenvalue weighted by molar-refractivity contribution is -0.00527. The second kappa shape index (κ2) is 5.66. The van der Waals surface area contributed by atoms with Crippen LogP contribution in [0.4, 0.5) is 0 Å². The molecule has 2 aromatic rings. The van der Waals surface area contributed by atoms with Crippen molar-refractivity contribution in [2.24, 2.45) is 0 Å². The lowest BCUT2D eigenvalue weighted by Crippen LogP contribution is -2.55. The summed E-state index contributed by atoms with van der Waals surface area (Å²) in [5.74, 6) is 0.885. The van der Waals surface area contributed by atoms with E-state index in [1.165, 1.54) is 10.9 Å². The van der Waals surface area contributed by atoms with Gasteiger partial charge in [-0.25, -0.2) is 0 Å². The molecule has 3 heteroatoms. The summed E-state index contributed by atoms with van der Waals surface area (Å²) in [5, 5.41) is 16.0. The highest BCUT2D eigenvalue weighted by molar-refractivity contribution is 5.91. The van der Waals surface area contributed by atoms with Gasteiger partial charge in [-0.2, -0.15) is 0 Å². The Kier molecular flexibility index (Phi) is 4.26. The summed E-state index contributed by atoms with van der Waals surface area (Å²) in [7, 11) is 1.69. The van der Waals surface area contributed by atoms with Crippen molar-refractivity contribution >= 4 is 10.8 Å². The number of methoxy groups -OCH3 is 1. The van der Waals surface area contributed by atoms with Crippen LogP contribution in [0.25, 0.3) is 10.8 Å². The molecule has 0 heterocycles. The summed E-state index contributed by atoms with van der Waals surface area (Å²) in [5.41, 5.74) is 0.0206. The minimum atomic E-state index is -0.796. The van der Waals surface area contributed by atoms with Crippen molar-refractivity contribution in [3.63, 3.8) is 0 Å². The first-order valence-electron chi connectivity index (χ1n) is 7.28. The van der Waals surface area contributed by atoms with E-state index in [2.05, 4.69) is 23.5 Å². The molecule has 0 aromatic heterocycles. The Hall–Kier alpha value is -1.58. The van der Waals surface area contributed by atoms with Gasteiger partial charge < -0.3 is 15.2 Å². The zero-order valence-corrected chi connectivity index (χ0v) is 13.5. The minimum Gasteiger partial charge on any atom is -0.496 e. The van der Waals surface area contributed by atoms with E-state index in [1.807, 2.05) is 45.9 Å². The summed E-state index contributed by atoms with van der Waals surface area (Å²) in [6.07, 6.45) is 0. The number of fused-ring (bicyclic) bond motifs is 1. The third-order valence-corrected chi connectivity index (χ3v) is 4.44. The Labute approximate surface area is 126 Å². The van der Waals surface area contributed by atoms with E-state index in [9.17, 15) is 5.11 Å². The topological polar surface area (TPSA) is 41.5 Å². The number of hydrogen-bond donors (Lipinski definition) is 2. The third-order valence-electron chi connectivity index (χ3n) is 4.44. The van der Waals surface area contributed by atoms with Gasteiger partial charge in [0.15, 0.2) is 0 Å². The molecule has 2 aromatic carbocycles. The molecule has 0 amide bonds. The summed E-state index contributed by atoms with van der Waals surface area (Å²) in [6.45, 7) is 8.37. The Morgan fingerprint density at radius 2 is 1.62 bits per heavy atom. The van der Waals surface area contributed by atoms with Crippen molar-refractivity contribution < 1.29 is 9.84 Å². The first-order valence-corrected chi connectivity index (χ1v) is 7.28. The van der Waals surface area contributed by atoms with Crippen LogP contribution in [0, 0.1) is 0 Å². The minimum absolute atomic E-state index is 0.381. The van der Waals surface area contributed by atoms with Gasteiger partial charge in [-0.05, 0) is 44.7 Å². The van der Waals surface area contributed by atoms with Crippen molar-refractivity contribution in [3.8, 4) is 5.75 Å². The van der Waals surface area contributed by atoms with Crippen LogP contribution in [0.5, 0.6) is 5.75 Å². The highest BCUT2D eigenvalue weighted by Crippen LogP contribution is 2.29. The van der Waals surface area contributed by atoms with Gasteiger partial charge in [0.25, 0.3) is 0 Å². The lowest BCUT2D eigenvalue weighted by atomic mass is 9.85. The summed E-state index contributed by atoms with van der Waals surface area (Å²) < 4.78 is 5.42. The molecule has 0 bridgehead atoms. The fraction of sp³-hybridized carbons (Fsp3) is 0.444. The Balaban J connectivity index is 2.32. The van der Waals surface area contributed by atoms with Gasteiger partial charge in [-0.15, -0.1) is 0 Å². The molecule has 0 atom stereocenters. The van der Waals surface area contributed by atoms with Crippen LogP contribution >= 0.6 is 0 Å². The van der Waals surface area contributed by atoms with E-state index < -0.39 is 5.60 Å². The van der Waals surface area contributed by atoms with Gasteiger partial charge in [0, 0.05) is 17.5 Å². The molecule has 0 aliphatic heterocycles. The highest BCUT2D eigenvalue weighted by Gasteiger charge is 2.34. The van der Waals surface area contributed by atoms with E-state index in [1.54, 1.807) is 7.11 Å². The zero-order chi connectivity index (χ0) is 15.7. The SMILES string of the molecule is COc1ccc(CNC(C)(C)C(C)(C)O)c2ccccc12. The summed E-state index contributed by atoms with van der Waals surface area (Å²) >= 11 is 0. The molecule has 0 saturated heterocycles. The summed E-state index contributed by atoms with van der Waals surface area (Å²) in [6, 6.07) is 12.3. The molecule has 0 saturated carbocycles. The molecule has 0 aliphatic carbocycles. The van der Waals surface area contributed by atoms with Crippen molar-refractivity contribution in [2.45, 2.75) is 45.4 Å². The number of benzene rings is 2. The molecule has 3 nitrogen and oxygen atoms in total. The molecule has 2 rings (SSSR count). The predicted molar refractivity (Wildman–Crippen MR) is 87.7 cm³/mol. The predicted octanol–water partition coefficient (Wildman–Crippen LogP) is 3.49. The number of nitrogens with one attached hydrogen (secondary N) is 1. The van der Waals surface area contributed by atoms with Gasteiger partial charge in [-0.3, -0.25) is 0 Å². The fourth-order valence-electron chi connectivity index (χ4n) is 2.20. The van der Waals surface area contributed by atoms with Crippen LogP contribution in [-0.4, -0.2) is 23.4 Å². The molecule has 0 fully saturated rings. The average molecular weight is 287 g/mol. The number of ether oxygens (including phenoxy) is 1. The fourth-order valence-corrected chi connectivity index (χ4v) is 2.20. The van der Waals surface area contributed by atoms with Crippen LogP contribution in [0.2, 0.25) is 0 Å². The van der Waals surface area contributed by atoms with Gasteiger partial charge in [0.05, 0.1) is 12.7 Å². The van der Waals surface area contributed by atoms with E-state index >= 15 is 0 Å². The first-order chi connectivity index (χ1) is 9.76.